The number of hydrogen-bond acceptors (Lipinski definition) is 4. The highest BCUT2D eigenvalue weighted by Crippen LogP contribution is 2.24. The molecule has 1 rings (SSSR count). The molecule has 0 saturated heterocycles. The Morgan fingerprint density at radius 1 is 1.58 bits per heavy atom. The zero-order chi connectivity index (χ0) is 14.4. The van der Waals surface area contributed by atoms with E-state index in [1.165, 1.54) is 12.1 Å². The SMILES string of the molecule is CCC(CSC)N(C)c1ccc(F)cc1/C(N)=N/O. The number of thioether (sulfide) groups is 1. The van der Waals surface area contributed by atoms with Gasteiger partial charge in [0.15, 0.2) is 5.84 Å². The fourth-order valence-corrected chi connectivity index (χ4v) is 2.81. The molecule has 1 aromatic rings. The molecule has 0 aliphatic carbocycles. The Kier molecular flexibility index (Phi) is 5.95. The van der Waals surface area contributed by atoms with Crippen LogP contribution in [0.15, 0.2) is 23.4 Å². The van der Waals surface area contributed by atoms with Crippen LogP contribution in [0.2, 0.25) is 0 Å². The summed E-state index contributed by atoms with van der Waals surface area (Å²) in [6.07, 6.45) is 3.01. The number of nitrogens with zero attached hydrogens (tertiary/aromatic N) is 2. The highest BCUT2D eigenvalue weighted by Gasteiger charge is 2.18. The first kappa shape index (κ1) is 15.6. The molecule has 0 bridgehead atoms. The molecule has 1 aromatic carbocycles. The molecule has 0 aliphatic rings. The maximum Gasteiger partial charge on any atom is 0.172 e. The predicted molar refractivity (Wildman–Crippen MR) is 79.8 cm³/mol. The van der Waals surface area contributed by atoms with Gasteiger partial charge in [0.25, 0.3) is 0 Å². The van der Waals surface area contributed by atoms with Gasteiger partial charge in [-0.25, -0.2) is 4.39 Å². The maximum absolute atomic E-state index is 13.3. The van der Waals surface area contributed by atoms with Gasteiger partial charge >= 0.3 is 0 Å². The molecule has 0 aromatic heterocycles. The van der Waals surface area contributed by atoms with Crippen molar-refractivity contribution >= 4 is 23.3 Å². The van der Waals surface area contributed by atoms with E-state index >= 15 is 0 Å². The Labute approximate surface area is 117 Å². The molecule has 0 amide bonds. The van der Waals surface area contributed by atoms with Gasteiger partial charge in [0.1, 0.15) is 5.82 Å². The molecule has 4 nitrogen and oxygen atoms in total. The van der Waals surface area contributed by atoms with Gasteiger partial charge in [-0.1, -0.05) is 12.1 Å². The summed E-state index contributed by atoms with van der Waals surface area (Å²) in [6.45, 7) is 2.10. The van der Waals surface area contributed by atoms with Crippen molar-refractivity contribution < 1.29 is 9.60 Å². The summed E-state index contributed by atoms with van der Waals surface area (Å²) in [5, 5.41) is 11.8. The Balaban J connectivity index is 3.18. The van der Waals surface area contributed by atoms with Gasteiger partial charge in [0, 0.05) is 30.1 Å². The predicted octanol–water partition coefficient (Wildman–Crippen LogP) is 2.50. The monoisotopic (exact) mass is 285 g/mol. The zero-order valence-corrected chi connectivity index (χ0v) is 12.2. The molecule has 0 spiro atoms. The van der Waals surface area contributed by atoms with Crippen LogP contribution in [0.5, 0.6) is 0 Å². The van der Waals surface area contributed by atoms with E-state index < -0.39 is 5.82 Å². The van der Waals surface area contributed by atoms with Crippen LogP contribution in [0.4, 0.5) is 10.1 Å². The van der Waals surface area contributed by atoms with E-state index in [1.54, 1.807) is 17.8 Å². The van der Waals surface area contributed by atoms with Gasteiger partial charge in [-0.3, -0.25) is 0 Å². The van der Waals surface area contributed by atoms with Crippen molar-refractivity contribution in [3.05, 3.63) is 29.6 Å². The number of oxime groups is 1. The lowest BCUT2D eigenvalue weighted by molar-refractivity contribution is 0.318. The third-order valence-electron chi connectivity index (χ3n) is 3.10. The minimum Gasteiger partial charge on any atom is -0.409 e. The fraction of sp³-hybridized carbons (Fsp3) is 0.462. The van der Waals surface area contributed by atoms with Crippen molar-refractivity contribution in [2.45, 2.75) is 19.4 Å². The Hall–Kier alpha value is -1.43. The summed E-state index contributed by atoms with van der Waals surface area (Å²) < 4.78 is 13.3. The number of anilines is 1. The highest BCUT2D eigenvalue weighted by molar-refractivity contribution is 7.98. The molecule has 0 aliphatic heterocycles. The van der Waals surface area contributed by atoms with Crippen LogP contribution in [-0.4, -0.2) is 36.1 Å². The fourth-order valence-electron chi connectivity index (χ4n) is 1.97. The lowest BCUT2D eigenvalue weighted by Gasteiger charge is -2.30. The smallest absolute Gasteiger partial charge is 0.172 e. The maximum atomic E-state index is 13.3. The van der Waals surface area contributed by atoms with E-state index in [1.807, 2.05) is 18.2 Å². The van der Waals surface area contributed by atoms with E-state index in [0.717, 1.165) is 17.9 Å². The second-order valence-corrected chi connectivity index (χ2v) is 5.19. The number of amidine groups is 1. The minimum atomic E-state index is -0.406. The summed E-state index contributed by atoms with van der Waals surface area (Å²) in [5.74, 6) is 0.469. The van der Waals surface area contributed by atoms with E-state index in [2.05, 4.69) is 12.1 Å². The third-order valence-corrected chi connectivity index (χ3v) is 3.82. The molecular weight excluding hydrogens is 265 g/mol. The van der Waals surface area contributed by atoms with Crippen LogP contribution in [0.25, 0.3) is 0 Å². The Morgan fingerprint density at radius 3 is 2.79 bits per heavy atom. The molecule has 106 valence electrons. The van der Waals surface area contributed by atoms with Crippen molar-refractivity contribution in [3.63, 3.8) is 0 Å². The van der Waals surface area contributed by atoms with Crippen LogP contribution < -0.4 is 10.6 Å². The minimum absolute atomic E-state index is 0.0830. The van der Waals surface area contributed by atoms with Crippen molar-refractivity contribution in [2.24, 2.45) is 10.9 Å². The van der Waals surface area contributed by atoms with E-state index in [9.17, 15) is 4.39 Å². The standard InChI is InChI=1S/C13H20FN3OS/c1-4-10(8-19-3)17(2)12-6-5-9(14)7-11(12)13(15)16-18/h5-7,10,18H,4,8H2,1-3H3,(H2,15,16). The van der Waals surface area contributed by atoms with Crippen LogP contribution in [0, 0.1) is 5.82 Å². The molecule has 0 heterocycles. The third kappa shape index (κ3) is 3.76. The number of halogens is 1. The molecule has 6 heteroatoms. The van der Waals surface area contributed by atoms with E-state index in [-0.39, 0.29) is 5.84 Å². The number of hydrogen-bond donors (Lipinski definition) is 2. The molecule has 19 heavy (non-hydrogen) atoms. The van der Waals surface area contributed by atoms with Crippen molar-refractivity contribution in [3.8, 4) is 0 Å². The van der Waals surface area contributed by atoms with E-state index in [0.29, 0.717) is 11.6 Å². The summed E-state index contributed by atoms with van der Waals surface area (Å²) in [6, 6.07) is 4.63. The Morgan fingerprint density at radius 2 is 2.26 bits per heavy atom. The lowest BCUT2D eigenvalue weighted by Crippen LogP contribution is -2.34. The Bertz CT molecular complexity index is 454. The summed E-state index contributed by atoms with van der Waals surface area (Å²) in [5.41, 5.74) is 6.79. The van der Waals surface area contributed by atoms with Crippen LogP contribution >= 0.6 is 11.8 Å². The first-order valence-corrected chi connectivity index (χ1v) is 7.43. The molecule has 0 fully saturated rings. The quantitative estimate of drug-likeness (QED) is 0.365. The summed E-state index contributed by atoms with van der Waals surface area (Å²) >= 11 is 1.75. The number of nitrogens with two attached hydrogens (primary N) is 1. The number of benzene rings is 1. The summed E-state index contributed by atoms with van der Waals surface area (Å²) in [4.78, 5) is 2.04. The molecule has 1 unspecified atom stereocenters. The largest absolute Gasteiger partial charge is 0.409 e. The van der Waals surface area contributed by atoms with Gasteiger partial charge in [-0.05, 0) is 30.9 Å². The molecule has 1 atom stereocenters. The second-order valence-electron chi connectivity index (χ2n) is 4.28. The lowest BCUT2D eigenvalue weighted by atomic mass is 10.1. The van der Waals surface area contributed by atoms with Crippen LogP contribution in [0.3, 0.4) is 0 Å². The van der Waals surface area contributed by atoms with Crippen molar-refractivity contribution in [1.29, 1.82) is 0 Å². The van der Waals surface area contributed by atoms with Crippen molar-refractivity contribution in [2.75, 3.05) is 24.0 Å². The van der Waals surface area contributed by atoms with Gasteiger partial charge in [0.2, 0.25) is 0 Å². The topological polar surface area (TPSA) is 61.8 Å². The van der Waals surface area contributed by atoms with Gasteiger partial charge in [-0.2, -0.15) is 11.8 Å². The second kappa shape index (κ2) is 7.23. The van der Waals surface area contributed by atoms with E-state index in [4.69, 9.17) is 10.9 Å². The highest BCUT2D eigenvalue weighted by atomic mass is 32.2. The molecular formula is C13H20FN3OS. The average Bonchev–Trinajstić information content (AvgIpc) is 2.43. The molecule has 0 radical (unpaired) electrons. The summed E-state index contributed by atoms with van der Waals surface area (Å²) in [7, 11) is 1.94. The van der Waals surface area contributed by atoms with Gasteiger partial charge < -0.3 is 15.8 Å². The average molecular weight is 285 g/mol. The zero-order valence-electron chi connectivity index (χ0n) is 11.4. The van der Waals surface area contributed by atoms with Crippen molar-refractivity contribution in [1.82, 2.24) is 0 Å². The number of rotatable bonds is 6. The van der Waals surface area contributed by atoms with Gasteiger partial charge in [0.05, 0.1) is 0 Å². The first-order valence-electron chi connectivity index (χ1n) is 6.04. The first-order chi connectivity index (χ1) is 9.04. The van der Waals surface area contributed by atoms with Crippen LogP contribution in [-0.2, 0) is 0 Å². The molecule has 0 saturated carbocycles. The normalized spacial score (nSPS) is 13.4. The van der Waals surface area contributed by atoms with Crippen LogP contribution in [0.1, 0.15) is 18.9 Å². The van der Waals surface area contributed by atoms with Gasteiger partial charge in [-0.15, -0.1) is 0 Å². The molecule has 3 N–H and O–H groups in total.